The highest BCUT2D eigenvalue weighted by Crippen LogP contribution is 2.15. The Kier molecular flexibility index (Phi) is 6.31. The van der Waals surface area contributed by atoms with Gasteiger partial charge < -0.3 is 15.7 Å². The monoisotopic (exact) mass is 332 g/mol. The molecule has 0 saturated carbocycles. The fourth-order valence-electron chi connectivity index (χ4n) is 2.09. The average molecular weight is 332 g/mol. The van der Waals surface area contributed by atoms with Gasteiger partial charge in [0.25, 0.3) is 5.91 Å². The molecule has 122 valence electrons. The maximum atomic E-state index is 12.0. The Hall–Kier alpha value is -2.18. The first-order valence-corrected chi connectivity index (χ1v) is 8.33. The minimum absolute atomic E-state index is 0.162. The number of carbonyl (C=O) groups excluding carboxylic acids is 2. The lowest BCUT2D eigenvalue weighted by Gasteiger charge is -2.15. The van der Waals surface area contributed by atoms with E-state index < -0.39 is 6.10 Å². The summed E-state index contributed by atoms with van der Waals surface area (Å²) in [5.41, 5.74) is 1.35. The van der Waals surface area contributed by atoms with Gasteiger partial charge in [-0.15, -0.1) is 0 Å². The van der Waals surface area contributed by atoms with E-state index in [9.17, 15) is 14.7 Å². The van der Waals surface area contributed by atoms with Crippen molar-refractivity contribution in [1.29, 1.82) is 0 Å². The van der Waals surface area contributed by atoms with Gasteiger partial charge in [0, 0.05) is 24.6 Å². The van der Waals surface area contributed by atoms with E-state index in [4.69, 9.17) is 0 Å². The van der Waals surface area contributed by atoms with Crippen LogP contribution in [0, 0.1) is 0 Å². The highest BCUT2D eigenvalue weighted by atomic mass is 32.1. The van der Waals surface area contributed by atoms with Gasteiger partial charge in [-0.05, 0) is 41.4 Å². The van der Waals surface area contributed by atoms with Crippen molar-refractivity contribution in [1.82, 2.24) is 10.6 Å². The summed E-state index contributed by atoms with van der Waals surface area (Å²) in [7, 11) is 0. The molecule has 0 radical (unpaired) electrons. The lowest BCUT2D eigenvalue weighted by atomic mass is 10.1. The number of aliphatic hydroxyl groups is 1. The lowest BCUT2D eigenvalue weighted by molar-refractivity contribution is -0.121. The number of hydrogen-bond donors (Lipinski definition) is 3. The molecule has 1 heterocycles. The quantitative estimate of drug-likeness (QED) is 0.726. The molecular weight excluding hydrogens is 312 g/mol. The van der Waals surface area contributed by atoms with E-state index in [1.54, 1.807) is 31.2 Å². The third-order valence-corrected chi connectivity index (χ3v) is 4.03. The van der Waals surface area contributed by atoms with Crippen molar-refractivity contribution in [2.24, 2.45) is 0 Å². The molecule has 5 nitrogen and oxygen atoms in total. The van der Waals surface area contributed by atoms with Crippen LogP contribution in [0.15, 0.2) is 47.2 Å². The average Bonchev–Trinajstić information content (AvgIpc) is 3.07. The van der Waals surface area contributed by atoms with E-state index >= 15 is 0 Å². The van der Waals surface area contributed by atoms with E-state index in [2.05, 4.69) is 10.6 Å². The minimum atomic E-state index is -0.709. The van der Waals surface area contributed by atoms with Crippen molar-refractivity contribution in [3.8, 4) is 0 Å². The standard InChI is InChI=1S/C17H20N2O3S/c1-12(19-17(22)13-5-3-2-4-6-13)9-16(21)18-10-15(20)14-7-8-23-11-14/h2-8,11-12,15,20H,9-10H2,1H3,(H,18,21)(H,19,22). The van der Waals surface area contributed by atoms with Gasteiger partial charge in [-0.3, -0.25) is 9.59 Å². The van der Waals surface area contributed by atoms with Gasteiger partial charge in [0.05, 0.1) is 6.10 Å². The summed E-state index contributed by atoms with van der Waals surface area (Å²) >= 11 is 1.50. The van der Waals surface area contributed by atoms with Crippen LogP contribution in [0.3, 0.4) is 0 Å². The Morgan fingerprint density at radius 3 is 2.61 bits per heavy atom. The first-order valence-electron chi connectivity index (χ1n) is 7.39. The van der Waals surface area contributed by atoms with Crippen LogP contribution in [0.2, 0.25) is 0 Å². The maximum Gasteiger partial charge on any atom is 0.251 e. The second-order valence-electron chi connectivity index (χ2n) is 5.32. The van der Waals surface area contributed by atoms with Crippen molar-refractivity contribution < 1.29 is 14.7 Å². The Labute approximate surface area is 139 Å². The van der Waals surface area contributed by atoms with E-state index in [0.717, 1.165) is 5.56 Å². The first-order chi connectivity index (χ1) is 11.1. The Bertz CT molecular complexity index is 629. The van der Waals surface area contributed by atoms with Gasteiger partial charge in [0.15, 0.2) is 0 Å². The van der Waals surface area contributed by atoms with Gasteiger partial charge in [-0.25, -0.2) is 0 Å². The molecule has 3 N–H and O–H groups in total. The molecule has 2 atom stereocenters. The van der Waals surface area contributed by atoms with Gasteiger partial charge >= 0.3 is 0 Å². The van der Waals surface area contributed by atoms with Gasteiger partial charge in [-0.1, -0.05) is 18.2 Å². The summed E-state index contributed by atoms with van der Waals surface area (Å²) in [6.07, 6.45) is -0.547. The number of nitrogens with one attached hydrogen (secondary N) is 2. The molecular formula is C17H20N2O3S. The van der Waals surface area contributed by atoms with Crippen molar-refractivity contribution in [2.45, 2.75) is 25.5 Å². The number of aliphatic hydroxyl groups excluding tert-OH is 1. The van der Waals surface area contributed by atoms with Crippen LogP contribution in [0.25, 0.3) is 0 Å². The summed E-state index contributed by atoms with van der Waals surface area (Å²) in [6.45, 7) is 1.94. The van der Waals surface area contributed by atoms with Crippen molar-refractivity contribution in [3.63, 3.8) is 0 Å². The van der Waals surface area contributed by atoms with Crippen molar-refractivity contribution in [2.75, 3.05) is 6.54 Å². The minimum Gasteiger partial charge on any atom is -0.387 e. The predicted molar refractivity (Wildman–Crippen MR) is 90.3 cm³/mol. The Morgan fingerprint density at radius 1 is 1.22 bits per heavy atom. The second kappa shape index (κ2) is 8.45. The molecule has 0 aliphatic carbocycles. The molecule has 0 saturated heterocycles. The van der Waals surface area contributed by atoms with E-state index in [0.29, 0.717) is 5.56 Å². The highest BCUT2D eigenvalue weighted by molar-refractivity contribution is 7.07. The summed E-state index contributed by atoms with van der Waals surface area (Å²) in [5, 5.41) is 19.1. The number of amides is 2. The van der Waals surface area contributed by atoms with E-state index in [1.807, 2.05) is 22.9 Å². The number of rotatable bonds is 7. The van der Waals surface area contributed by atoms with Crippen LogP contribution in [0.1, 0.15) is 35.4 Å². The molecule has 1 aromatic heterocycles. The largest absolute Gasteiger partial charge is 0.387 e. The molecule has 2 amide bonds. The molecule has 23 heavy (non-hydrogen) atoms. The third-order valence-electron chi connectivity index (χ3n) is 3.33. The molecule has 0 fully saturated rings. The zero-order valence-electron chi connectivity index (χ0n) is 12.9. The van der Waals surface area contributed by atoms with E-state index in [1.165, 1.54) is 11.3 Å². The zero-order valence-corrected chi connectivity index (χ0v) is 13.7. The molecule has 0 bridgehead atoms. The van der Waals surface area contributed by atoms with Crippen LogP contribution in [-0.4, -0.2) is 29.5 Å². The summed E-state index contributed by atoms with van der Waals surface area (Å²) < 4.78 is 0. The molecule has 0 spiro atoms. The first kappa shape index (κ1) is 17.2. The van der Waals surface area contributed by atoms with Gasteiger partial charge in [0.1, 0.15) is 0 Å². The maximum absolute atomic E-state index is 12.0. The van der Waals surface area contributed by atoms with Crippen LogP contribution in [0.5, 0.6) is 0 Å². The predicted octanol–water partition coefficient (Wildman–Crippen LogP) is 2.11. The van der Waals surface area contributed by atoms with Crippen LogP contribution in [0.4, 0.5) is 0 Å². The van der Waals surface area contributed by atoms with Gasteiger partial charge in [0.2, 0.25) is 5.91 Å². The molecule has 2 rings (SSSR count). The van der Waals surface area contributed by atoms with Crippen LogP contribution in [-0.2, 0) is 4.79 Å². The molecule has 1 aromatic carbocycles. The SMILES string of the molecule is CC(CC(=O)NCC(O)c1ccsc1)NC(=O)c1ccccc1. The number of thiophene rings is 1. The molecule has 0 aliphatic heterocycles. The topological polar surface area (TPSA) is 78.4 Å². The van der Waals surface area contributed by atoms with Crippen LogP contribution < -0.4 is 10.6 Å². The Morgan fingerprint density at radius 2 is 1.96 bits per heavy atom. The third kappa shape index (κ3) is 5.50. The van der Waals surface area contributed by atoms with E-state index in [-0.39, 0.29) is 30.8 Å². The summed E-state index contributed by atoms with van der Waals surface area (Å²) in [6, 6.07) is 10.4. The second-order valence-corrected chi connectivity index (χ2v) is 6.10. The number of hydrogen-bond acceptors (Lipinski definition) is 4. The van der Waals surface area contributed by atoms with Gasteiger partial charge in [-0.2, -0.15) is 11.3 Å². The molecule has 2 aromatic rings. The number of benzene rings is 1. The van der Waals surface area contributed by atoms with Crippen molar-refractivity contribution in [3.05, 3.63) is 58.3 Å². The molecule has 6 heteroatoms. The number of carbonyl (C=O) groups is 2. The van der Waals surface area contributed by atoms with Crippen LogP contribution >= 0.6 is 11.3 Å². The smallest absolute Gasteiger partial charge is 0.251 e. The summed E-state index contributed by atoms with van der Waals surface area (Å²) in [4.78, 5) is 23.9. The fourth-order valence-corrected chi connectivity index (χ4v) is 2.80. The Balaban J connectivity index is 1.73. The fraction of sp³-hybridized carbons (Fsp3) is 0.294. The molecule has 2 unspecified atom stereocenters. The zero-order chi connectivity index (χ0) is 16.7. The normalized spacial score (nSPS) is 13.1. The van der Waals surface area contributed by atoms with Crippen molar-refractivity contribution >= 4 is 23.2 Å². The lowest BCUT2D eigenvalue weighted by Crippen LogP contribution is -2.38. The molecule has 0 aliphatic rings. The highest BCUT2D eigenvalue weighted by Gasteiger charge is 2.14. The summed E-state index contributed by atoms with van der Waals surface area (Å²) in [5.74, 6) is -0.413.